The van der Waals surface area contributed by atoms with Crippen LogP contribution in [0, 0.1) is 0 Å². The van der Waals surface area contributed by atoms with E-state index in [1.807, 2.05) is 42.5 Å². The van der Waals surface area contributed by atoms with Gasteiger partial charge >= 0.3 is 0 Å². The minimum Gasteiger partial charge on any atom is -0.306 e. The number of nitrogens with one attached hydrogen (secondary N) is 1. The Morgan fingerprint density at radius 3 is 2.32 bits per heavy atom. The Morgan fingerprint density at radius 2 is 1.68 bits per heavy atom. The van der Waals surface area contributed by atoms with Gasteiger partial charge < -0.3 is 5.32 Å². The Bertz CT molecular complexity index is 555. The Balaban J connectivity index is 2.00. The molecule has 0 fully saturated rings. The van der Waals surface area contributed by atoms with Gasteiger partial charge in [-0.25, -0.2) is 0 Å². The summed E-state index contributed by atoms with van der Waals surface area (Å²) in [5.74, 6) is 0. The summed E-state index contributed by atoms with van der Waals surface area (Å²) in [5, 5.41) is 4.98. The second kappa shape index (κ2) is 6.76. The first kappa shape index (κ1) is 14.9. The molecule has 0 spiro atoms. The fourth-order valence-corrected chi connectivity index (χ4v) is 2.75. The van der Waals surface area contributed by atoms with E-state index in [1.54, 1.807) is 0 Å². The van der Waals surface area contributed by atoms with Gasteiger partial charge in [0.25, 0.3) is 0 Å². The minimum absolute atomic E-state index is 0.264. The number of rotatable bonds is 4. The van der Waals surface area contributed by atoms with Gasteiger partial charge in [-0.15, -0.1) is 0 Å². The molecule has 0 amide bonds. The largest absolute Gasteiger partial charge is 0.306 e. The maximum absolute atomic E-state index is 5.93. The van der Waals surface area contributed by atoms with Crippen molar-refractivity contribution in [2.75, 3.05) is 0 Å². The zero-order valence-corrected chi connectivity index (χ0v) is 13.6. The van der Waals surface area contributed by atoms with Crippen molar-refractivity contribution in [2.24, 2.45) is 0 Å². The van der Waals surface area contributed by atoms with Crippen molar-refractivity contribution in [3.05, 3.63) is 68.1 Å². The molecule has 0 heterocycles. The van der Waals surface area contributed by atoms with E-state index in [4.69, 9.17) is 23.2 Å². The van der Waals surface area contributed by atoms with E-state index in [1.165, 1.54) is 11.1 Å². The summed E-state index contributed by atoms with van der Waals surface area (Å²) in [5.41, 5.74) is 2.40. The summed E-state index contributed by atoms with van der Waals surface area (Å²) in [6.45, 7) is 2.91. The number of hydrogen-bond donors (Lipinski definition) is 1. The molecule has 0 saturated heterocycles. The molecule has 0 unspecified atom stereocenters. The van der Waals surface area contributed by atoms with E-state index in [2.05, 4.69) is 28.2 Å². The van der Waals surface area contributed by atoms with Crippen LogP contribution in [0.5, 0.6) is 0 Å². The molecule has 0 aliphatic heterocycles. The van der Waals surface area contributed by atoms with E-state index in [-0.39, 0.29) is 6.04 Å². The normalized spacial score (nSPS) is 12.4. The fraction of sp³-hybridized carbons (Fsp3) is 0.200. The Hall–Kier alpha value is -0.540. The molecule has 4 heteroatoms. The summed E-state index contributed by atoms with van der Waals surface area (Å²) < 4.78 is 1.02. The van der Waals surface area contributed by atoms with Crippen LogP contribution in [-0.4, -0.2) is 0 Å². The first-order valence-corrected chi connectivity index (χ1v) is 7.54. The van der Waals surface area contributed by atoms with Gasteiger partial charge in [-0.3, -0.25) is 0 Å². The van der Waals surface area contributed by atoms with Crippen LogP contribution in [0.2, 0.25) is 10.0 Å². The molecule has 19 heavy (non-hydrogen) atoms. The molecule has 0 radical (unpaired) electrons. The third-order valence-corrected chi connectivity index (χ3v) is 4.21. The van der Waals surface area contributed by atoms with Crippen LogP contribution in [0.4, 0.5) is 0 Å². The van der Waals surface area contributed by atoms with Crippen LogP contribution in [0.15, 0.2) is 46.9 Å². The summed E-state index contributed by atoms with van der Waals surface area (Å²) in [4.78, 5) is 0. The van der Waals surface area contributed by atoms with E-state index >= 15 is 0 Å². The molecule has 0 aromatic heterocycles. The molecule has 1 atom stereocenters. The predicted octanol–water partition coefficient (Wildman–Crippen LogP) is 5.61. The molecular weight excluding hydrogens is 345 g/mol. The van der Waals surface area contributed by atoms with Gasteiger partial charge in [0, 0.05) is 27.1 Å². The van der Waals surface area contributed by atoms with E-state index in [9.17, 15) is 0 Å². The molecule has 0 bridgehead atoms. The molecule has 100 valence electrons. The summed E-state index contributed by atoms with van der Waals surface area (Å²) in [6.07, 6.45) is 0. The molecular formula is C15H14BrCl2N. The molecule has 1 N–H and O–H groups in total. The second-order valence-electron chi connectivity index (χ2n) is 4.39. The Morgan fingerprint density at radius 1 is 1.05 bits per heavy atom. The van der Waals surface area contributed by atoms with Crippen molar-refractivity contribution in [3.8, 4) is 0 Å². The van der Waals surface area contributed by atoms with E-state index < -0.39 is 0 Å². The van der Waals surface area contributed by atoms with Crippen LogP contribution in [0.25, 0.3) is 0 Å². The lowest BCUT2D eigenvalue weighted by Gasteiger charge is -2.15. The lowest BCUT2D eigenvalue weighted by atomic mass is 10.1. The first-order chi connectivity index (χ1) is 9.06. The Kier molecular flexibility index (Phi) is 5.28. The van der Waals surface area contributed by atoms with Crippen molar-refractivity contribution < 1.29 is 0 Å². The van der Waals surface area contributed by atoms with Gasteiger partial charge in [0.2, 0.25) is 0 Å². The standard InChI is InChI=1S/C15H14BrCl2N/c1-10(11-2-5-13(17)6-3-11)19-9-12-4-7-14(18)8-15(12)16/h2-8,10,19H,9H2,1H3/t10-/m1/s1. The SMILES string of the molecule is C[C@@H](NCc1ccc(Cl)cc1Br)c1ccc(Cl)cc1. The smallest absolute Gasteiger partial charge is 0.0417 e. The van der Waals surface area contributed by atoms with Crippen LogP contribution in [0.1, 0.15) is 24.1 Å². The van der Waals surface area contributed by atoms with Crippen LogP contribution >= 0.6 is 39.1 Å². The van der Waals surface area contributed by atoms with Crippen molar-refractivity contribution in [1.29, 1.82) is 0 Å². The highest BCUT2D eigenvalue weighted by molar-refractivity contribution is 9.10. The van der Waals surface area contributed by atoms with Gasteiger partial charge in [0.05, 0.1) is 0 Å². The third kappa shape index (κ3) is 4.22. The fourth-order valence-electron chi connectivity index (χ4n) is 1.80. The average molecular weight is 359 g/mol. The van der Waals surface area contributed by atoms with E-state index in [0.717, 1.165) is 21.1 Å². The summed E-state index contributed by atoms with van der Waals surface area (Å²) in [6, 6.07) is 14.0. The summed E-state index contributed by atoms with van der Waals surface area (Å²) in [7, 11) is 0. The minimum atomic E-state index is 0.264. The number of benzene rings is 2. The van der Waals surface area contributed by atoms with Crippen LogP contribution in [0.3, 0.4) is 0 Å². The maximum Gasteiger partial charge on any atom is 0.0417 e. The molecule has 0 aliphatic carbocycles. The quantitative estimate of drug-likeness (QED) is 0.749. The highest BCUT2D eigenvalue weighted by Gasteiger charge is 2.06. The molecule has 2 aromatic rings. The number of hydrogen-bond acceptors (Lipinski definition) is 1. The first-order valence-electron chi connectivity index (χ1n) is 5.99. The van der Waals surface area contributed by atoms with Crippen LogP contribution < -0.4 is 5.32 Å². The van der Waals surface area contributed by atoms with Crippen LogP contribution in [-0.2, 0) is 6.54 Å². The zero-order chi connectivity index (χ0) is 13.8. The molecule has 0 aliphatic rings. The topological polar surface area (TPSA) is 12.0 Å². The van der Waals surface area contributed by atoms with Gasteiger partial charge in [-0.2, -0.15) is 0 Å². The lowest BCUT2D eigenvalue weighted by Crippen LogP contribution is -2.18. The predicted molar refractivity (Wildman–Crippen MR) is 85.9 cm³/mol. The monoisotopic (exact) mass is 357 g/mol. The molecule has 0 saturated carbocycles. The summed E-state index contributed by atoms with van der Waals surface area (Å²) >= 11 is 15.3. The highest BCUT2D eigenvalue weighted by atomic mass is 79.9. The van der Waals surface area contributed by atoms with Gasteiger partial charge in [0.1, 0.15) is 0 Å². The van der Waals surface area contributed by atoms with Gasteiger partial charge in [0.15, 0.2) is 0 Å². The van der Waals surface area contributed by atoms with E-state index in [0.29, 0.717) is 0 Å². The lowest BCUT2D eigenvalue weighted by molar-refractivity contribution is 0.574. The third-order valence-electron chi connectivity index (χ3n) is 2.98. The van der Waals surface area contributed by atoms with Gasteiger partial charge in [-0.1, -0.05) is 57.3 Å². The number of halogens is 3. The van der Waals surface area contributed by atoms with Crippen molar-refractivity contribution in [2.45, 2.75) is 19.5 Å². The second-order valence-corrected chi connectivity index (χ2v) is 6.12. The molecule has 2 rings (SSSR count). The highest BCUT2D eigenvalue weighted by Crippen LogP contribution is 2.22. The zero-order valence-electron chi connectivity index (χ0n) is 10.5. The molecule has 2 aromatic carbocycles. The van der Waals surface area contributed by atoms with Crippen molar-refractivity contribution in [3.63, 3.8) is 0 Å². The Labute approximate surface area is 132 Å². The van der Waals surface area contributed by atoms with Gasteiger partial charge in [-0.05, 0) is 42.3 Å². The van der Waals surface area contributed by atoms with Crippen molar-refractivity contribution in [1.82, 2.24) is 5.32 Å². The maximum atomic E-state index is 5.93. The molecule has 1 nitrogen and oxygen atoms in total. The average Bonchev–Trinajstić information content (AvgIpc) is 2.38. The van der Waals surface area contributed by atoms with Crippen molar-refractivity contribution >= 4 is 39.1 Å².